The molecule has 6 heteroatoms. The van der Waals surface area contributed by atoms with Gasteiger partial charge in [0, 0.05) is 13.1 Å². The summed E-state index contributed by atoms with van der Waals surface area (Å²) in [5.41, 5.74) is 1.13. The summed E-state index contributed by atoms with van der Waals surface area (Å²) in [6, 6.07) is 9.65. The summed E-state index contributed by atoms with van der Waals surface area (Å²) in [5, 5.41) is 1.05. The van der Waals surface area contributed by atoms with E-state index < -0.39 is 12.1 Å². The second-order valence-corrected chi connectivity index (χ2v) is 4.28. The minimum atomic E-state index is -4.93. The Balaban J connectivity index is 1.73. The lowest BCUT2D eigenvalue weighted by molar-refractivity contribution is -0.258. The number of hydrogen-bond donors (Lipinski definition) is 0. The van der Waals surface area contributed by atoms with Gasteiger partial charge in [0.1, 0.15) is 0 Å². The van der Waals surface area contributed by atoms with Crippen molar-refractivity contribution in [1.29, 1.82) is 0 Å². The van der Waals surface area contributed by atoms with Crippen LogP contribution >= 0.6 is 0 Å². The van der Waals surface area contributed by atoms with E-state index in [9.17, 15) is 18.0 Å². The Morgan fingerprint density at radius 2 is 1.89 bits per heavy atom. The van der Waals surface area contributed by atoms with E-state index in [4.69, 9.17) is 0 Å². The number of alkyl halides is 3. The van der Waals surface area contributed by atoms with Crippen molar-refractivity contribution in [2.75, 3.05) is 13.1 Å². The van der Waals surface area contributed by atoms with Crippen molar-refractivity contribution in [2.45, 2.75) is 12.6 Å². The third-order valence-corrected chi connectivity index (χ3v) is 2.73. The summed E-state index contributed by atoms with van der Waals surface area (Å²) in [5.74, 6) is -1.92. The molecule has 0 aromatic heterocycles. The summed E-state index contributed by atoms with van der Waals surface area (Å²) in [7, 11) is 0. The molecule has 98 valence electrons. The van der Waals surface area contributed by atoms with Gasteiger partial charge in [-0.2, -0.15) is 13.2 Å². The highest BCUT2D eigenvalue weighted by Gasteiger charge is 2.44. The molecule has 0 atom stereocenters. The van der Waals surface area contributed by atoms with Gasteiger partial charge in [0.05, 0.1) is 0 Å². The highest BCUT2D eigenvalue weighted by molar-refractivity contribution is 5.75. The fraction of sp³-hybridized carbons (Fsp3) is 0.417. The molecule has 0 saturated carbocycles. The summed E-state index contributed by atoms with van der Waals surface area (Å²) >= 11 is 0. The van der Waals surface area contributed by atoms with Crippen LogP contribution < -0.4 is 0 Å². The van der Waals surface area contributed by atoms with Crippen molar-refractivity contribution in [3.63, 3.8) is 0 Å². The van der Waals surface area contributed by atoms with E-state index in [-0.39, 0.29) is 5.92 Å². The van der Waals surface area contributed by atoms with Crippen LogP contribution in [0.1, 0.15) is 5.56 Å². The third-order valence-electron chi connectivity index (χ3n) is 2.73. The molecule has 0 amide bonds. The van der Waals surface area contributed by atoms with Crippen LogP contribution in [0.3, 0.4) is 0 Å². The van der Waals surface area contributed by atoms with E-state index in [2.05, 4.69) is 4.84 Å². The Bertz CT molecular complexity index is 413. The van der Waals surface area contributed by atoms with Crippen molar-refractivity contribution < 1.29 is 22.8 Å². The molecule has 1 aromatic carbocycles. The summed E-state index contributed by atoms with van der Waals surface area (Å²) in [6.07, 6.45) is -4.15. The van der Waals surface area contributed by atoms with Gasteiger partial charge in [0.25, 0.3) is 0 Å². The number of carbonyl (C=O) groups is 1. The number of halogens is 3. The number of benzene rings is 1. The van der Waals surface area contributed by atoms with Gasteiger partial charge >= 0.3 is 12.1 Å². The van der Waals surface area contributed by atoms with Crippen molar-refractivity contribution in [3.8, 4) is 0 Å². The Kier molecular flexibility index (Phi) is 3.56. The summed E-state index contributed by atoms with van der Waals surface area (Å²) in [4.78, 5) is 14.7. The topological polar surface area (TPSA) is 29.5 Å². The zero-order valence-corrected chi connectivity index (χ0v) is 9.48. The molecule has 0 unspecified atom stereocenters. The van der Waals surface area contributed by atoms with E-state index >= 15 is 0 Å². The highest BCUT2D eigenvalue weighted by atomic mass is 19.4. The third kappa shape index (κ3) is 3.22. The maximum Gasteiger partial charge on any atom is 0.492 e. The molecule has 0 bridgehead atoms. The minimum Gasteiger partial charge on any atom is -0.361 e. The molecular weight excluding hydrogens is 247 g/mol. The lowest BCUT2D eigenvalue weighted by Gasteiger charge is -2.37. The molecule has 1 aliphatic heterocycles. The first kappa shape index (κ1) is 12.9. The average molecular weight is 259 g/mol. The second-order valence-electron chi connectivity index (χ2n) is 4.28. The van der Waals surface area contributed by atoms with Crippen LogP contribution in [0.15, 0.2) is 30.3 Å². The van der Waals surface area contributed by atoms with E-state index in [0.717, 1.165) is 17.0 Å². The van der Waals surface area contributed by atoms with Gasteiger partial charge < -0.3 is 4.84 Å². The largest absolute Gasteiger partial charge is 0.492 e. The van der Waals surface area contributed by atoms with Crippen LogP contribution in [-0.2, 0) is 16.1 Å². The van der Waals surface area contributed by atoms with Crippen molar-refractivity contribution in [3.05, 3.63) is 35.9 Å². The van der Waals surface area contributed by atoms with Crippen molar-refractivity contribution in [2.24, 2.45) is 5.92 Å². The number of hydroxylamine groups is 2. The molecule has 0 radical (unpaired) electrons. The molecule has 1 aliphatic rings. The Labute approximate surface area is 102 Å². The van der Waals surface area contributed by atoms with E-state index in [1.165, 1.54) is 0 Å². The molecule has 0 spiro atoms. The van der Waals surface area contributed by atoms with Gasteiger partial charge in [-0.3, -0.25) is 0 Å². The predicted molar refractivity (Wildman–Crippen MR) is 57.4 cm³/mol. The minimum absolute atomic E-state index is 0.230. The average Bonchev–Trinajstić information content (AvgIpc) is 2.26. The molecule has 18 heavy (non-hydrogen) atoms. The van der Waals surface area contributed by atoms with E-state index in [0.29, 0.717) is 13.1 Å². The quantitative estimate of drug-likeness (QED) is 0.833. The smallest absolute Gasteiger partial charge is 0.361 e. The molecule has 1 fully saturated rings. The molecule has 0 N–H and O–H groups in total. The monoisotopic (exact) mass is 259 g/mol. The summed E-state index contributed by atoms with van der Waals surface area (Å²) in [6.45, 7) is 0.688. The van der Waals surface area contributed by atoms with Crippen molar-refractivity contribution >= 4 is 5.97 Å². The molecule has 1 aromatic rings. The first-order chi connectivity index (χ1) is 8.45. The summed E-state index contributed by atoms with van der Waals surface area (Å²) < 4.78 is 35.7. The number of nitrogens with zero attached hydrogens (tertiary/aromatic N) is 1. The van der Waals surface area contributed by atoms with Gasteiger partial charge in [0.2, 0.25) is 0 Å². The van der Waals surface area contributed by atoms with Crippen LogP contribution in [-0.4, -0.2) is 30.3 Å². The van der Waals surface area contributed by atoms with Gasteiger partial charge in [-0.25, -0.2) is 4.79 Å². The van der Waals surface area contributed by atoms with Crippen LogP contribution in [0, 0.1) is 5.92 Å². The fourth-order valence-electron chi connectivity index (χ4n) is 1.84. The SMILES string of the molecule is O=C(ON1CC(Cc2ccccc2)C1)C(F)(F)F. The van der Waals surface area contributed by atoms with Gasteiger partial charge in [-0.05, 0) is 17.9 Å². The normalized spacial score (nSPS) is 17.3. The fourth-order valence-corrected chi connectivity index (χ4v) is 1.84. The van der Waals surface area contributed by atoms with Gasteiger partial charge in [-0.1, -0.05) is 30.3 Å². The maximum atomic E-state index is 11.9. The van der Waals surface area contributed by atoms with E-state index in [1.807, 2.05) is 30.3 Å². The molecule has 2 rings (SSSR count). The van der Waals surface area contributed by atoms with Gasteiger partial charge in [0.15, 0.2) is 0 Å². The zero-order chi connectivity index (χ0) is 13.2. The number of hydrogen-bond acceptors (Lipinski definition) is 3. The zero-order valence-electron chi connectivity index (χ0n) is 9.48. The Hall–Kier alpha value is -1.56. The first-order valence-electron chi connectivity index (χ1n) is 5.53. The van der Waals surface area contributed by atoms with Gasteiger partial charge in [-0.15, -0.1) is 5.06 Å². The first-order valence-corrected chi connectivity index (χ1v) is 5.53. The van der Waals surface area contributed by atoms with Crippen LogP contribution in [0.2, 0.25) is 0 Å². The highest BCUT2D eigenvalue weighted by Crippen LogP contribution is 2.24. The Morgan fingerprint density at radius 1 is 1.28 bits per heavy atom. The molecular formula is C12H12F3NO2. The maximum absolute atomic E-state index is 11.9. The lowest BCUT2D eigenvalue weighted by Crippen LogP contribution is -2.50. The molecule has 3 nitrogen and oxygen atoms in total. The lowest BCUT2D eigenvalue weighted by atomic mass is 9.94. The van der Waals surface area contributed by atoms with Crippen molar-refractivity contribution in [1.82, 2.24) is 5.06 Å². The van der Waals surface area contributed by atoms with E-state index in [1.54, 1.807) is 0 Å². The molecule has 1 heterocycles. The van der Waals surface area contributed by atoms with Crippen LogP contribution in [0.25, 0.3) is 0 Å². The Morgan fingerprint density at radius 3 is 2.44 bits per heavy atom. The molecule has 0 aliphatic carbocycles. The standard InChI is InChI=1S/C12H12F3NO2/c13-12(14,15)11(17)18-16-7-10(8-16)6-9-4-2-1-3-5-9/h1-5,10H,6-8H2. The number of carbonyl (C=O) groups excluding carboxylic acids is 1. The predicted octanol–water partition coefficient (Wildman–Crippen LogP) is 2.18. The molecule has 1 saturated heterocycles. The second kappa shape index (κ2) is 4.97. The van der Waals surface area contributed by atoms with Crippen LogP contribution in [0.5, 0.6) is 0 Å². The van der Waals surface area contributed by atoms with Crippen LogP contribution in [0.4, 0.5) is 13.2 Å². The number of rotatable bonds is 3.